The van der Waals surface area contributed by atoms with E-state index in [4.69, 9.17) is 11.5 Å². The highest BCUT2D eigenvalue weighted by Gasteiger charge is 2.20. The van der Waals surface area contributed by atoms with Crippen molar-refractivity contribution in [2.24, 2.45) is 23.3 Å². The fourth-order valence-corrected chi connectivity index (χ4v) is 4.33. The lowest BCUT2D eigenvalue weighted by Gasteiger charge is -2.28. The molecule has 0 bridgehead atoms. The summed E-state index contributed by atoms with van der Waals surface area (Å²) in [6, 6.07) is 0. The molecule has 0 unspecified atom stereocenters. The third-order valence-corrected chi connectivity index (χ3v) is 6.04. The first-order valence-electron chi connectivity index (χ1n) is 11.1. The summed E-state index contributed by atoms with van der Waals surface area (Å²) in [6.07, 6.45) is 21.7. The molecule has 4 heteroatoms. The van der Waals surface area contributed by atoms with Gasteiger partial charge >= 0.3 is 0 Å². The second-order valence-electron chi connectivity index (χ2n) is 8.43. The predicted molar refractivity (Wildman–Crippen MR) is 108 cm³/mol. The molecule has 152 valence electrons. The molecule has 1 aliphatic carbocycles. The molecule has 26 heavy (non-hydrogen) atoms. The molecule has 0 heterocycles. The van der Waals surface area contributed by atoms with Crippen LogP contribution in [0.25, 0.3) is 0 Å². The molecule has 0 aromatic rings. The topological polar surface area (TPSA) is 86.2 Å². The van der Waals surface area contributed by atoms with Crippen LogP contribution in [0, 0.1) is 11.8 Å². The Labute approximate surface area is 160 Å². The number of hydrogen-bond donors (Lipinski definition) is 2. The van der Waals surface area contributed by atoms with Gasteiger partial charge in [-0.1, -0.05) is 89.9 Å². The zero-order valence-electron chi connectivity index (χ0n) is 16.9. The van der Waals surface area contributed by atoms with Gasteiger partial charge in [0.25, 0.3) is 0 Å². The highest BCUT2D eigenvalue weighted by Crippen LogP contribution is 2.34. The zero-order valence-corrected chi connectivity index (χ0v) is 16.9. The lowest BCUT2D eigenvalue weighted by Crippen LogP contribution is -2.14. The van der Waals surface area contributed by atoms with Gasteiger partial charge in [-0.15, -0.1) is 0 Å². The predicted octanol–water partition coefficient (Wildman–Crippen LogP) is 5.22. The molecule has 4 nitrogen and oxygen atoms in total. The maximum atomic E-state index is 10.7. The first-order chi connectivity index (χ1) is 12.6. The van der Waals surface area contributed by atoms with Crippen molar-refractivity contribution in [1.82, 2.24) is 0 Å². The molecule has 0 atom stereocenters. The van der Waals surface area contributed by atoms with Crippen molar-refractivity contribution in [2.45, 2.75) is 116 Å². The average molecular weight is 367 g/mol. The number of carbonyl (C=O) groups excluding carboxylic acids is 2. The van der Waals surface area contributed by atoms with Crippen molar-refractivity contribution in [2.75, 3.05) is 0 Å². The molecular weight excluding hydrogens is 324 g/mol. The normalized spacial score (nSPS) is 20.2. The summed E-state index contributed by atoms with van der Waals surface area (Å²) in [5.41, 5.74) is 10.3. The van der Waals surface area contributed by atoms with E-state index >= 15 is 0 Å². The first-order valence-corrected chi connectivity index (χ1v) is 11.1. The van der Waals surface area contributed by atoms with E-state index in [9.17, 15) is 9.59 Å². The van der Waals surface area contributed by atoms with E-state index < -0.39 is 0 Å². The van der Waals surface area contributed by atoms with E-state index in [1.54, 1.807) is 0 Å². The largest absolute Gasteiger partial charge is 0.370 e. The quantitative estimate of drug-likeness (QED) is 0.367. The molecule has 1 saturated carbocycles. The summed E-state index contributed by atoms with van der Waals surface area (Å²) < 4.78 is 0. The fraction of sp³-hybridized carbons (Fsp3) is 0.909. The van der Waals surface area contributed by atoms with Crippen LogP contribution in [0.4, 0.5) is 0 Å². The second-order valence-corrected chi connectivity index (χ2v) is 8.43. The fourth-order valence-electron chi connectivity index (χ4n) is 4.33. The molecule has 2 amide bonds. The smallest absolute Gasteiger partial charge is 0.217 e. The van der Waals surface area contributed by atoms with Crippen molar-refractivity contribution >= 4 is 11.8 Å². The Bertz CT molecular complexity index is 340. The number of hydrogen-bond acceptors (Lipinski definition) is 2. The van der Waals surface area contributed by atoms with Gasteiger partial charge in [0.15, 0.2) is 0 Å². The van der Waals surface area contributed by atoms with Crippen LogP contribution in [-0.2, 0) is 9.59 Å². The SMILES string of the molecule is NC(=O)CCCCCCCC1CCC(CCCCCCCC(N)=O)CC1. The van der Waals surface area contributed by atoms with Crippen molar-refractivity contribution in [3.05, 3.63) is 0 Å². The van der Waals surface area contributed by atoms with E-state index in [1.807, 2.05) is 0 Å². The minimum Gasteiger partial charge on any atom is -0.370 e. The Morgan fingerprint density at radius 1 is 0.538 bits per heavy atom. The molecule has 0 aromatic carbocycles. The van der Waals surface area contributed by atoms with Crippen molar-refractivity contribution < 1.29 is 9.59 Å². The Kier molecular flexibility index (Phi) is 13.3. The third-order valence-electron chi connectivity index (χ3n) is 6.04. The Morgan fingerprint density at radius 2 is 0.846 bits per heavy atom. The van der Waals surface area contributed by atoms with Crippen LogP contribution in [-0.4, -0.2) is 11.8 Å². The van der Waals surface area contributed by atoms with Gasteiger partial charge in [-0.3, -0.25) is 9.59 Å². The summed E-state index contributed by atoms with van der Waals surface area (Å²) in [4.78, 5) is 21.4. The van der Waals surface area contributed by atoms with Gasteiger partial charge in [0, 0.05) is 12.8 Å². The molecule has 0 radical (unpaired) electrons. The van der Waals surface area contributed by atoms with Gasteiger partial charge in [-0.2, -0.15) is 0 Å². The minimum absolute atomic E-state index is 0.162. The Morgan fingerprint density at radius 3 is 1.19 bits per heavy atom. The maximum absolute atomic E-state index is 10.7. The molecule has 4 N–H and O–H groups in total. The highest BCUT2D eigenvalue weighted by molar-refractivity contribution is 5.73. The van der Waals surface area contributed by atoms with E-state index in [2.05, 4.69) is 0 Å². The second kappa shape index (κ2) is 15.0. The highest BCUT2D eigenvalue weighted by atomic mass is 16.1. The van der Waals surface area contributed by atoms with Crippen LogP contribution >= 0.6 is 0 Å². The van der Waals surface area contributed by atoms with Crippen LogP contribution in [0.15, 0.2) is 0 Å². The van der Waals surface area contributed by atoms with Crippen molar-refractivity contribution in [1.29, 1.82) is 0 Å². The number of nitrogens with two attached hydrogens (primary N) is 2. The summed E-state index contributed by atoms with van der Waals surface area (Å²) in [7, 11) is 0. The van der Waals surface area contributed by atoms with Crippen LogP contribution in [0.3, 0.4) is 0 Å². The molecule has 1 rings (SSSR count). The summed E-state index contributed by atoms with van der Waals surface area (Å²) in [5, 5.41) is 0. The average Bonchev–Trinajstić information content (AvgIpc) is 2.60. The molecule has 1 aliphatic rings. The number of unbranched alkanes of at least 4 members (excludes halogenated alkanes) is 8. The molecule has 0 saturated heterocycles. The van der Waals surface area contributed by atoms with Gasteiger partial charge in [-0.05, 0) is 24.7 Å². The molecule has 0 spiro atoms. The molecule has 0 aromatic heterocycles. The van der Waals surface area contributed by atoms with E-state index in [0.717, 1.165) is 37.5 Å². The van der Waals surface area contributed by atoms with Crippen LogP contribution < -0.4 is 11.5 Å². The number of carbonyl (C=O) groups is 2. The van der Waals surface area contributed by atoms with E-state index in [-0.39, 0.29) is 11.8 Å². The monoisotopic (exact) mass is 366 g/mol. The number of amides is 2. The van der Waals surface area contributed by atoms with E-state index in [0.29, 0.717) is 12.8 Å². The van der Waals surface area contributed by atoms with Crippen molar-refractivity contribution in [3.63, 3.8) is 0 Å². The minimum atomic E-state index is -0.162. The van der Waals surface area contributed by atoms with Crippen molar-refractivity contribution in [3.8, 4) is 0 Å². The number of rotatable bonds is 16. The van der Waals surface area contributed by atoms with Crippen LogP contribution in [0.1, 0.15) is 116 Å². The lowest BCUT2D eigenvalue weighted by molar-refractivity contribution is -0.119. The van der Waals surface area contributed by atoms with E-state index in [1.165, 1.54) is 77.0 Å². The lowest BCUT2D eigenvalue weighted by atomic mass is 9.78. The maximum Gasteiger partial charge on any atom is 0.217 e. The van der Waals surface area contributed by atoms with Gasteiger partial charge in [0.2, 0.25) is 11.8 Å². The molecule has 0 aliphatic heterocycles. The molecule has 1 fully saturated rings. The molecular formula is C22H42N2O2. The zero-order chi connectivity index (χ0) is 19.0. The van der Waals surface area contributed by atoms with Gasteiger partial charge in [-0.25, -0.2) is 0 Å². The summed E-state index contributed by atoms with van der Waals surface area (Å²) >= 11 is 0. The standard InChI is InChI=1S/C22H42N2O2/c23-21(25)13-9-5-1-3-7-11-19-15-17-20(18-16-19)12-8-4-2-6-10-14-22(24)26/h19-20H,1-18H2,(H2,23,25)(H2,24,26). The summed E-state index contributed by atoms with van der Waals surface area (Å²) in [5.74, 6) is 1.60. The van der Waals surface area contributed by atoms with Crippen LogP contribution in [0.2, 0.25) is 0 Å². The Balaban J connectivity index is 1.87. The summed E-state index contributed by atoms with van der Waals surface area (Å²) in [6.45, 7) is 0. The number of primary amides is 2. The third kappa shape index (κ3) is 13.2. The van der Waals surface area contributed by atoms with Gasteiger partial charge in [0.1, 0.15) is 0 Å². The first kappa shape index (κ1) is 23.0. The van der Waals surface area contributed by atoms with Gasteiger partial charge in [0.05, 0.1) is 0 Å². The Hall–Kier alpha value is -1.06. The van der Waals surface area contributed by atoms with Crippen LogP contribution in [0.5, 0.6) is 0 Å². The van der Waals surface area contributed by atoms with Gasteiger partial charge < -0.3 is 11.5 Å².